The van der Waals surface area contributed by atoms with Crippen molar-refractivity contribution in [3.63, 3.8) is 0 Å². The molecule has 2 fully saturated rings. The van der Waals surface area contributed by atoms with Gasteiger partial charge >= 0.3 is 0 Å². The molecule has 6 rings (SSSR count). The molecular formula is C30H43N11O11P-. The summed E-state index contributed by atoms with van der Waals surface area (Å²) in [7, 11) is -2.08. The van der Waals surface area contributed by atoms with Gasteiger partial charge in [-0.3, -0.25) is 28.3 Å². The molecule has 6 N–H and O–H groups in total. The molecule has 4 aromatic heterocycles. The fraction of sp³-hybridized carbons (Fsp3) is 0.633. The molecular weight excluding hydrogens is 721 g/mol. The van der Waals surface area contributed by atoms with Crippen molar-refractivity contribution in [3.05, 3.63) is 29.3 Å². The number of nitrogens with two attached hydrogens (primary N) is 2. The summed E-state index contributed by atoms with van der Waals surface area (Å²) in [6.07, 6.45) is -3.48. The third-order valence-corrected chi connectivity index (χ3v) is 10.00. The lowest BCUT2D eigenvalue weighted by atomic mass is 9.93. The van der Waals surface area contributed by atoms with E-state index in [1.807, 2.05) is 13.8 Å². The maximum absolute atomic E-state index is 13.7. The lowest BCUT2D eigenvalue weighted by Crippen LogP contribution is -2.43. The molecule has 0 bridgehead atoms. The zero-order valence-electron chi connectivity index (χ0n) is 29.9. The second kappa shape index (κ2) is 15.7. The topological polar surface area (TPSA) is 293 Å². The van der Waals surface area contributed by atoms with E-state index < -0.39 is 74.3 Å². The number of amides is 1. The van der Waals surface area contributed by atoms with Gasteiger partial charge in [0.25, 0.3) is 13.4 Å². The zero-order chi connectivity index (χ0) is 38.2. The maximum atomic E-state index is 13.7. The van der Waals surface area contributed by atoms with Crippen molar-refractivity contribution >= 4 is 47.8 Å². The van der Waals surface area contributed by atoms with Crippen molar-refractivity contribution in [3.8, 4) is 0 Å². The molecule has 22 nitrogen and oxygen atoms in total. The SMILES string of the molecule is CO[C@@H]1[C@H](CC(=O)NC[C@H]2O[C@@H](n3cnc4c(=O)[nH]c(N)nc43)[C@H](OC)[C@@H]2OP(=O)([O-])OC(C)C)[C@@H](COC(C)C)O[C@H]1n1cnc2c(N)ncnc21. The number of nitrogens with one attached hydrogen (secondary N) is 2. The Kier molecular flexibility index (Phi) is 11.4. The summed E-state index contributed by atoms with van der Waals surface area (Å²) < 4.78 is 56.8. The number of fused-ring (bicyclic) bond motifs is 2. The molecule has 0 spiro atoms. The van der Waals surface area contributed by atoms with E-state index in [0.29, 0.717) is 11.2 Å². The smallest absolute Gasteiger partial charge is 0.280 e. The predicted octanol–water partition coefficient (Wildman–Crippen LogP) is -0.225. The van der Waals surface area contributed by atoms with Crippen LogP contribution in [0.15, 0.2) is 23.8 Å². The fourth-order valence-corrected chi connectivity index (χ4v) is 7.71. The van der Waals surface area contributed by atoms with Crippen LogP contribution in [0, 0.1) is 5.92 Å². The van der Waals surface area contributed by atoms with Gasteiger partial charge in [-0.2, -0.15) is 4.98 Å². The Morgan fingerprint density at radius 2 is 1.62 bits per heavy atom. The highest BCUT2D eigenvalue weighted by Gasteiger charge is 2.50. The van der Waals surface area contributed by atoms with E-state index in [4.69, 9.17) is 44.2 Å². The molecule has 4 aromatic rings. The summed E-state index contributed by atoms with van der Waals surface area (Å²) in [4.78, 5) is 62.5. The number of hydrogen-bond acceptors (Lipinski definition) is 18. The number of H-pyrrole nitrogens is 1. The van der Waals surface area contributed by atoms with Gasteiger partial charge < -0.3 is 54.4 Å². The minimum absolute atomic E-state index is 0.0371. The van der Waals surface area contributed by atoms with E-state index in [2.05, 4.69) is 35.2 Å². The van der Waals surface area contributed by atoms with Crippen molar-refractivity contribution in [2.24, 2.45) is 5.92 Å². The highest BCUT2D eigenvalue weighted by atomic mass is 31.2. The molecule has 0 aromatic carbocycles. The van der Waals surface area contributed by atoms with Crippen LogP contribution in [-0.4, -0.2) is 115 Å². The molecule has 0 saturated carbocycles. The second-order valence-corrected chi connectivity index (χ2v) is 14.4. The number of imidazole rings is 2. The third kappa shape index (κ3) is 8.05. The van der Waals surface area contributed by atoms with E-state index in [9.17, 15) is 19.0 Å². The highest BCUT2D eigenvalue weighted by molar-refractivity contribution is 7.45. The number of rotatable bonds is 15. The summed E-state index contributed by atoms with van der Waals surface area (Å²) in [6.45, 7) is 6.75. The number of hydrogen-bond donors (Lipinski definition) is 4. The Balaban J connectivity index is 1.24. The van der Waals surface area contributed by atoms with E-state index in [1.165, 1.54) is 51.6 Å². The lowest BCUT2D eigenvalue weighted by molar-refractivity contribution is -0.236. The Morgan fingerprint density at radius 3 is 2.30 bits per heavy atom. The number of aromatic amines is 1. The van der Waals surface area contributed by atoms with Gasteiger partial charge in [0.2, 0.25) is 11.9 Å². The number of carbonyl (C=O) groups is 1. The molecule has 2 aliphatic heterocycles. The quantitative estimate of drug-likeness (QED) is 0.114. The first-order valence-electron chi connectivity index (χ1n) is 16.8. The van der Waals surface area contributed by atoms with Crippen molar-refractivity contribution in [2.75, 3.05) is 38.8 Å². The number of phosphoric acid groups is 1. The number of phosphoric ester groups is 1. The Morgan fingerprint density at radius 1 is 0.962 bits per heavy atom. The number of nitrogen functional groups attached to an aromatic ring is 2. The first-order valence-corrected chi connectivity index (χ1v) is 18.2. The Labute approximate surface area is 302 Å². The van der Waals surface area contributed by atoms with E-state index in [0.717, 1.165) is 0 Å². The molecule has 23 heteroatoms. The summed E-state index contributed by atoms with van der Waals surface area (Å²) in [5.41, 5.74) is 12.0. The molecule has 1 unspecified atom stereocenters. The largest absolute Gasteiger partial charge is 0.756 e. The van der Waals surface area contributed by atoms with Crippen molar-refractivity contribution in [1.82, 2.24) is 44.4 Å². The van der Waals surface area contributed by atoms with Crippen LogP contribution in [0.1, 0.15) is 46.6 Å². The molecule has 2 saturated heterocycles. The average Bonchev–Trinajstić information content (AvgIpc) is 3.85. The summed E-state index contributed by atoms with van der Waals surface area (Å²) in [5.74, 6) is -0.935. The van der Waals surface area contributed by atoms with Gasteiger partial charge in [0.1, 0.15) is 36.3 Å². The van der Waals surface area contributed by atoms with Gasteiger partial charge in [0.05, 0.1) is 37.6 Å². The van der Waals surface area contributed by atoms with Crippen LogP contribution in [0.5, 0.6) is 0 Å². The lowest BCUT2D eigenvalue weighted by Gasteiger charge is -2.31. The Bertz CT molecular complexity index is 2020. The summed E-state index contributed by atoms with van der Waals surface area (Å²) in [5, 5.41) is 2.83. The molecule has 6 heterocycles. The number of ether oxygens (including phenoxy) is 5. The third-order valence-electron chi connectivity index (χ3n) is 8.82. The molecule has 9 atom stereocenters. The van der Waals surface area contributed by atoms with Crippen LogP contribution in [-0.2, 0) is 42.1 Å². The van der Waals surface area contributed by atoms with Crippen LogP contribution in [0.2, 0.25) is 0 Å². The minimum Gasteiger partial charge on any atom is -0.756 e. The first kappa shape index (κ1) is 38.6. The fourth-order valence-electron chi connectivity index (χ4n) is 6.59. The molecule has 0 aliphatic carbocycles. The number of carbonyl (C=O) groups excluding carboxylic acids is 1. The monoisotopic (exact) mass is 764 g/mol. The van der Waals surface area contributed by atoms with Crippen LogP contribution in [0.3, 0.4) is 0 Å². The number of methoxy groups -OCH3 is 2. The molecule has 290 valence electrons. The number of anilines is 2. The first-order chi connectivity index (χ1) is 25.2. The molecule has 2 aliphatic rings. The zero-order valence-corrected chi connectivity index (χ0v) is 30.7. The molecule has 53 heavy (non-hydrogen) atoms. The van der Waals surface area contributed by atoms with Crippen molar-refractivity contribution in [2.45, 2.75) is 89.3 Å². The highest BCUT2D eigenvalue weighted by Crippen LogP contribution is 2.47. The van der Waals surface area contributed by atoms with Gasteiger partial charge in [0, 0.05) is 33.1 Å². The number of nitrogens with zero attached hydrogens (tertiary/aromatic N) is 7. The van der Waals surface area contributed by atoms with Gasteiger partial charge in [-0.1, -0.05) is 0 Å². The predicted molar refractivity (Wildman–Crippen MR) is 183 cm³/mol. The van der Waals surface area contributed by atoms with Crippen molar-refractivity contribution in [1.29, 1.82) is 0 Å². The van der Waals surface area contributed by atoms with Gasteiger partial charge in [-0.25, -0.2) is 19.9 Å². The number of aromatic nitrogens is 8. The van der Waals surface area contributed by atoms with Gasteiger partial charge in [-0.15, -0.1) is 0 Å². The van der Waals surface area contributed by atoms with E-state index in [-0.39, 0.29) is 48.6 Å². The standard InChI is InChI=1S/C30H44N11O11P/c1-13(2)48-9-17-15(21(46-5)28(50-17)40-11-36-19-24(31)34-10-35-25(19)40)7-18(42)33-8-16-22(52-53(44,45)51-14(3)4)23(47-6)29(49-16)41-12-37-20-26(41)38-30(32)39-27(20)43/h10-17,21-23,28-29H,7-9H2,1-6H3,(H,33,42)(H,44,45)(H2,31,34,35)(H3,32,38,39,43)/p-1/t15-,16-,17-,21-,22-,23-,28-,29-/m1/s1. The minimum atomic E-state index is -4.92. The van der Waals surface area contributed by atoms with Crippen LogP contribution < -0.4 is 27.2 Å². The Hall–Kier alpha value is -4.12. The second-order valence-electron chi connectivity index (χ2n) is 13.1. The van der Waals surface area contributed by atoms with Crippen LogP contribution >= 0.6 is 7.82 Å². The molecule has 1 amide bonds. The summed E-state index contributed by atoms with van der Waals surface area (Å²) >= 11 is 0. The van der Waals surface area contributed by atoms with Gasteiger partial charge in [0.15, 0.2) is 35.1 Å². The van der Waals surface area contributed by atoms with Crippen molar-refractivity contribution < 1.29 is 47.0 Å². The molecule has 0 radical (unpaired) electrons. The summed E-state index contributed by atoms with van der Waals surface area (Å²) in [6, 6.07) is 0. The van der Waals surface area contributed by atoms with E-state index in [1.54, 1.807) is 4.57 Å². The van der Waals surface area contributed by atoms with Crippen LogP contribution in [0.25, 0.3) is 22.3 Å². The normalized spacial score (nSPS) is 27.3. The maximum Gasteiger partial charge on any atom is 0.280 e. The van der Waals surface area contributed by atoms with Gasteiger partial charge in [-0.05, 0) is 27.7 Å². The van der Waals surface area contributed by atoms with Crippen LogP contribution in [0.4, 0.5) is 11.8 Å². The van der Waals surface area contributed by atoms with E-state index >= 15 is 0 Å². The average molecular weight is 765 g/mol.